The van der Waals surface area contributed by atoms with Crippen LogP contribution < -0.4 is 24.3 Å². The molecule has 0 fully saturated rings. The molecule has 0 aliphatic carbocycles. The van der Waals surface area contributed by atoms with Gasteiger partial charge in [0, 0.05) is 12.1 Å². The second-order valence-electron chi connectivity index (χ2n) is 7.50. The lowest BCUT2D eigenvalue weighted by molar-refractivity contribution is -0.112. The first-order valence-corrected chi connectivity index (χ1v) is 11.0. The minimum absolute atomic E-state index is 0.114. The number of benzene rings is 3. The standard InChI is InChI=1S/C27H25ClN2O5/c1-17-5-7-18(8-6-17)16-35-23-10-9-19(12-26(23)34-4)11-20(15-29)27(31)30-22-14-24(32-2)21(28)13-25(22)33-3/h5-14H,16H2,1-4H3,(H,30,31)/b20-11+. The van der Waals surface area contributed by atoms with Gasteiger partial charge in [0.15, 0.2) is 11.5 Å². The van der Waals surface area contributed by atoms with Crippen LogP contribution in [0.25, 0.3) is 6.08 Å². The number of nitrogens with zero attached hydrogens (tertiary/aromatic N) is 1. The summed E-state index contributed by atoms with van der Waals surface area (Å²) < 4.78 is 21.8. The van der Waals surface area contributed by atoms with Crippen LogP contribution in [-0.2, 0) is 11.4 Å². The maximum Gasteiger partial charge on any atom is 0.266 e. The molecule has 0 radical (unpaired) electrons. The number of hydrogen-bond acceptors (Lipinski definition) is 6. The van der Waals surface area contributed by atoms with Gasteiger partial charge in [-0.25, -0.2) is 0 Å². The van der Waals surface area contributed by atoms with E-state index in [0.717, 1.165) is 5.56 Å². The van der Waals surface area contributed by atoms with E-state index in [9.17, 15) is 10.1 Å². The third kappa shape index (κ3) is 6.46. The second-order valence-corrected chi connectivity index (χ2v) is 7.90. The van der Waals surface area contributed by atoms with E-state index >= 15 is 0 Å². The Morgan fingerprint density at radius 2 is 1.63 bits per heavy atom. The van der Waals surface area contributed by atoms with E-state index in [0.29, 0.717) is 45.9 Å². The van der Waals surface area contributed by atoms with Crippen molar-refractivity contribution in [3.05, 3.63) is 81.9 Å². The largest absolute Gasteiger partial charge is 0.495 e. The molecule has 8 heteroatoms. The highest BCUT2D eigenvalue weighted by molar-refractivity contribution is 6.32. The van der Waals surface area contributed by atoms with Crippen molar-refractivity contribution < 1.29 is 23.7 Å². The van der Waals surface area contributed by atoms with Crippen LogP contribution in [0.15, 0.2) is 60.2 Å². The zero-order valence-electron chi connectivity index (χ0n) is 19.8. The summed E-state index contributed by atoms with van der Waals surface area (Å²) in [5.41, 5.74) is 3.00. The van der Waals surface area contributed by atoms with Crippen molar-refractivity contribution in [2.75, 3.05) is 26.6 Å². The highest BCUT2D eigenvalue weighted by atomic mass is 35.5. The Morgan fingerprint density at radius 1 is 0.943 bits per heavy atom. The molecule has 0 aliphatic rings. The maximum absolute atomic E-state index is 12.8. The number of methoxy groups -OCH3 is 3. The van der Waals surface area contributed by atoms with Crippen molar-refractivity contribution in [1.29, 1.82) is 5.26 Å². The number of halogens is 1. The quantitative estimate of drug-likeness (QED) is 0.300. The molecule has 0 unspecified atom stereocenters. The van der Waals surface area contributed by atoms with Gasteiger partial charge in [0.1, 0.15) is 29.7 Å². The minimum Gasteiger partial charge on any atom is -0.495 e. The van der Waals surface area contributed by atoms with Gasteiger partial charge in [0.25, 0.3) is 5.91 Å². The molecule has 0 aromatic heterocycles. The molecule has 0 atom stereocenters. The molecule has 180 valence electrons. The highest BCUT2D eigenvalue weighted by Crippen LogP contribution is 2.36. The first kappa shape index (κ1) is 25.5. The SMILES string of the molecule is COc1cc(NC(=O)/C(C#N)=C/c2ccc(OCc3ccc(C)cc3)c(OC)c2)c(OC)cc1Cl. The summed E-state index contributed by atoms with van der Waals surface area (Å²) in [6.45, 7) is 2.41. The molecule has 0 bridgehead atoms. The third-order valence-corrected chi connectivity index (χ3v) is 5.40. The van der Waals surface area contributed by atoms with Crippen LogP contribution in [-0.4, -0.2) is 27.2 Å². The van der Waals surface area contributed by atoms with Gasteiger partial charge in [-0.3, -0.25) is 4.79 Å². The molecule has 3 aromatic rings. The van der Waals surface area contributed by atoms with Crippen LogP contribution in [0.2, 0.25) is 5.02 Å². The normalized spacial score (nSPS) is 10.8. The lowest BCUT2D eigenvalue weighted by Gasteiger charge is -2.13. The number of nitriles is 1. The van der Waals surface area contributed by atoms with E-state index in [1.54, 1.807) is 18.2 Å². The first-order valence-electron chi connectivity index (χ1n) is 10.6. The van der Waals surface area contributed by atoms with Gasteiger partial charge in [-0.2, -0.15) is 5.26 Å². The summed E-state index contributed by atoms with van der Waals surface area (Å²) in [7, 11) is 4.44. The molecule has 0 aliphatic heterocycles. The van der Waals surface area contributed by atoms with Gasteiger partial charge < -0.3 is 24.3 Å². The topological polar surface area (TPSA) is 89.8 Å². The maximum atomic E-state index is 12.8. The molecule has 7 nitrogen and oxygen atoms in total. The fourth-order valence-electron chi connectivity index (χ4n) is 3.20. The van der Waals surface area contributed by atoms with Crippen molar-refractivity contribution in [3.8, 4) is 29.1 Å². The Hall–Kier alpha value is -4.15. The Bertz CT molecular complexity index is 1280. The predicted octanol–water partition coefficient (Wildman–Crippen LogP) is 5.80. The highest BCUT2D eigenvalue weighted by Gasteiger charge is 2.16. The molecule has 0 heterocycles. The van der Waals surface area contributed by atoms with Gasteiger partial charge in [-0.15, -0.1) is 0 Å². The zero-order chi connectivity index (χ0) is 25.4. The lowest BCUT2D eigenvalue weighted by Crippen LogP contribution is -2.14. The third-order valence-electron chi connectivity index (χ3n) is 5.10. The summed E-state index contributed by atoms with van der Waals surface area (Å²) in [5.74, 6) is 1.10. The zero-order valence-corrected chi connectivity index (χ0v) is 20.6. The Kier molecular flexibility index (Phi) is 8.60. The van der Waals surface area contributed by atoms with E-state index in [1.165, 1.54) is 45.1 Å². The van der Waals surface area contributed by atoms with Crippen molar-refractivity contribution >= 4 is 29.3 Å². The van der Waals surface area contributed by atoms with E-state index < -0.39 is 5.91 Å². The summed E-state index contributed by atoms with van der Waals surface area (Å²) in [6, 6.07) is 18.2. The summed E-state index contributed by atoms with van der Waals surface area (Å²) >= 11 is 6.12. The number of nitrogens with one attached hydrogen (secondary N) is 1. The minimum atomic E-state index is -0.617. The van der Waals surface area contributed by atoms with Gasteiger partial charge >= 0.3 is 0 Å². The number of carbonyl (C=O) groups excluding carboxylic acids is 1. The van der Waals surface area contributed by atoms with Gasteiger partial charge in [-0.05, 0) is 36.3 Å². The van der Waals surface area contributed by atoms with E-state index in [2.05, 4.69) is 5.32 Å². The number of carbonyl (C=O) groups is 1. The number of ether oxygens (including phenoxy) is 4. The fraction of sp³-hybridized carbons (Fsp3) is 0.185. The summed E-state index contributed by atoms with van der Waals surface area (Å²) in [4.78, 5) is 12.8. The summed E-state index contributed by atoms with van der Waals surface area (Å²) in [5, 5.41) is 12.6. The van der Waals surface area contributed by atoms with E-state index in [1.807, 2.05) is 37.3 Å². The average Bonchev–Trinajstić information content (AvgIpc) is 2.87. The summed E-state index contributed by atoms with van der Waals surface area (Å²) in [6.07, 6.45) is 1.46. The predicted molar refractivity (Wildman–Crippen MR) is 135 cm³/mol. The molecule has 1 N–H and O–H groups in total. The fourth-order valence-corrected chi connectivity index (χ4v) is 3.43. The van der Waals surface area contributed by atoms with Crippen molar-refractivity contribution in [2.45, 2.75) is 13.5 Å². The number of hydrogen-bond donors (Lipinski definition) is 1. The first-order chi connectivity index (χ1) is 16.9. The lowest BCUT2D eigenvalue weighted by atomic mass is 10.1. The number of aryl methyl sites for hydroxylation is 1. The van der Waals surface area contributed by atoms with Crippen LogP contribution in [0.4, 0.5) is 5.69 Å². The van der Waals surface area contributed by atoms with Crippen LogP contribution in [0.5, 0.6) is 23.0 Å². The van der Waals surface area contributed by atoms with Crippen molar-refractivity contribution in [1.82, 2.24) is 0 Å². The number of anilines is 1. The Balaban J connectivity index is 1.79. The number of amides is 1. The van der Waals surface area contributed by atoms with Crippen LogP contribution in [0, 0.1) is 18.3 Å². The van der Waals surface area contributed by atoms with Crippen molar-refractivity contribution in [3.63, 3.8) is 0 Å². The monoisotopic (exact) mass is 492 g/mol. The second kappa shape index (κ2) is 11.8. The molecule has 0 saturated heterocycles. The Labute approximate surface area is 209 Å². The van der Waals surface area contributed by atoms with E-state index in [-0.39, 0.29) is 5.57 Å². The smallest absolute Gasteiger partial charge is 0.266 e. The van der Waals surface area contributed by atoms with Gasteiger partial charge in [0.2, 0.25) is 0 Å². The van der Waals surface area contributed by atoms with Gasteiger partial charge in [0.05, 0.1) is 32.0 Å². The molecular weight excluding hydrogens is 468 g/mol. The molecule has 1 amide bonds. The van der Waals surface area contributed by atoms with Crippen LogP contribution in [0.3, 0.4) is 0 Å². The molecule has 0 spiro atoms. The van der Waals surface area contributed by atoms with E-state index in [4.69, 9.17) is 30.5 Å². The van der Waals surface area contributed by atoms with Crippen molar-refractivity contribution in [2.24, 2.45) is 0 Å². The molecule has 0 saturated carbocycles. The average molecular weight is 493 g/mol. The molecular formula is C27H25ClN2O5. The molecule has 3 rings (SSSR count). The molecule has 35 heavy (non-hydrogen) atoms. The Morgan fingerprint density at radius 3 is 2.26 bits per heavy atom. The van der Waals surface area contributed by atoms with Gasteiger partial charge in [-0.1, -0.05) is 47.5 Å². The number of rotatable bonds is 9. The van der Waals surface area contributed by atoms with Crippen LogP contribution >= 0.6 is 11.6 Å². The van der Waals surface area contributed by atoms with Crippen LogP contribution in [0.1, 0.15) is 16.7 Å². The molecule has 3 aromatic carbocycles.